The highest BCUT2D eigenvalue weighted by Gasteiger charge is 2.08. The molecule has 0 atom stereocenters. The van der Waals surface area contributed by atoms with Crippen LogP contribution in [0.1, 0.15) is 6.92 Å². The standard InChI is InChI=1S/C16H13FN4O2.C2H3ClO/c17-14-9-18-16(20-11-4-2-6-13(23)8-11)21-15(14)19-10-3-1-5-12(22)7-10;1-2(3)4/h1-9,22-23H,(H2,18,19,20,21);1H3. The second-order valence-corrected chi connectivity index (χ2v) is 5.74. The van der Waals surface area contributed by atoms with Gasteiger partial charge in [-0.2, -0.15) is 4.98 Å². The minimum Gasteiger partial charge on any atom is -0.508 e. The van der Waals surface area contributed by atoms with Crippen molar-refractivity contribution in [2.24, 2.45) is 0 Å². The summed E-state index contributed by atoms with van der Waals surface area (Å²) in [6.07, 6.45) is 1.03. The Bertz CT molecular complexity index is 936. The highest BCUT2D eigenvalue weighted by atomic mass is 35.5. The number of anilines is 4. The number of carbonyl (C=O) groups is 1. The lowest BCUT2D eigenvalue weighted by atomic mass is 10.3. The summed E-state index contributed by atoms with van der Waals surface area (Å²) in [4.78, 5) is 17.1. The molecule has 0 aliphatic rings. The summed E-state index contributed by atoms with van der Waals surface area (Å²) in [5.41, 5.74) is 1.06. The minimum atomic E-state index is -0.630. The lowest BCUT2D eigenvalue weighted by molar-refractivity contribution is -0.109. The maximum Gasteiger partial charge on any atom is 0.229 e. The lowest BCUT2D eigenvalue weighted by Gasteiger charge is -2.10. The van der Waals surface area contributed by atoms with E-state index in [1.165, 1.54) is 31.2 Å². The molecule has 0 amide bonds. The van der Waals surface area contributed by atoms with Crippen LogP contribution in [0.15, 0.2) is 54.7 Å². The third-order valence-electron chi connectivity index (χ3n) is 2.96. The number of carbonyl (C=O) groups excluding carboxylic acids is 1. The topological polar surface area (TPSA) is 107 Å². The Morgan fingerprint density at radius 1 is 1.04 bits per heavy atom. The SMILES string of the molecule is CC(=O)Cl.Oc1cccc(Nc2ncc(F)c(Nc3cccc(O)c3)n2)c1. The molecule has 0 radical (unpaired) electrons. The maximum absolute atomic E-state index is 13.8. The number of aromatic hydroxyl groups is 2. The third kappa shape index (κ3) is 6.79. The van der Waals surface area contributed by atoms with E-state index < -0.39 is 5.82 Å². The minimum absolute atomic E-state index is 0.0340. The van der Waals surface area contributed by atoms with Gasteiger partial charge < -0.3 is 20.8 Å². The zero-order valence-corrected chi connectivity index (χ0v) is 14.9. The molecule has 0 bridgehead atoms. The van der Waals surface area contributed by atoms with Gasteiger partial charge in [0.1, 0.15) is 11.5 Å². The predicted molar refractivity (Wildman–Crippen MR) is 101 cm³/mol. The smallest absolute Gasteiger partial charge is 0.229 e. The lowest BCUT2D eigenvalue weighted by Crippen LogP contribution is -2.03. The number of nitrogens with zero attached hydrogens (tertiary/aromatic N) is 2. The van der Waals surface area contributed by atoms with E-state index in [0.29, 0.717) is 11.4 Å². The molecule has 0 fully saturated rings. The molecule has 0 unspecified atom stereocenters. The first-order valence-corrected chi connectivity index (χ1v) is 8.02. The van der Waals surface area contributed by atoms with E-state index in [1.54, 1.807) is 24.3 Å². The molecule has 1 heterocycles. The normalized spacial score (nSPS) is 9.74. The van der Waals surface area contributed by atoms with Crippen LogP contribution in [0.25, 0.3) is 0 Å². The van der Waals surface area contributed by atoms with Gasteiger partial charge in [0.25, 0.3) is 0 Å². The summed E-state index contributed by atoms with van der Waals surface area (Å²) in [6.45, 7) is 1.29. The first-order chi connectivity index (χ1) is 12.8. The molecule has 140 valence electrons. The van der Waals surface area contributed by atoms with Crippen molar-refractivity contribution in [3.63, 3.8) is 0 Å². The van der Waals surface area contributed by atoms with Crippen molar-refractivity contribution in [3.05, 3.63) is 60.5 Å². The third-order valence-corrected chi connectivity index (χ3v) is 2.96. The molecular weight excluding hydrogens is 375 g/mol. The van der Waals surface area contributed by atoms with E-state index in [-0.39, 0.29) is 28.5 Å². The zero-order chi connectivity index (χ0) is 19.8. The Balaban J connectivity index is 0.000000596. The number of rotatable bonds is 4. The Morgan fingerprint density at radius 2 is 1.56 bits per heavy atom. The van der Waals surface area contributed by atoms with E-state index in [9.17, 15) is 19.4 Å². The predicted octanol–water partition coefficient (Wildman–Crippen LogP) is 4.29. The van der Waals surface area contributed by atoms with Crippen LogP contribution in [0.5, 0.6) is 11.5 Å². The summed E-state index contributed by atoms with van der Waals surface area (Å²) in [6, 6.07) is 12.7. The van der Waals surface area contributed by atoms with Crippen molar-refractivity contribution in [1.82, 2.24) is 9.97 Å². The molecule has 0 aliphatic heterocycles. The van der Waals surface area contributed by atoms with Crippen LogP contribution in [0.4, 0.5) is 27.5 Å². The summed E-state index contributed by atoms with van der Waals surface area (Å²) >= 11 is 4.64. The maximum atomic E-state index is 13.8. The van der Waals surface area contributed by atoms with Crippen LogP contribution < -0.4 is 10.6 Å². The highest BCUT2D eigenvalue weighted by Crippen LogP contribution is 2.23. The van der Waals surface area contributed by atoms with Crippen LogP contribution in [0.3, 0.4) is 0 Å². The first kappa shape index (κ1) is 19.9. The largest absolute Gasteiger partial charge is 0.508 e. The van der Waals surface area contributed by atoms with Crippen LogP contribution in [0.2, 0.25) is 0 Å². The Morgan fingerprint density at radius 3 is 2.07 bits per heavy atom. The summed E-state index contributed by atoms with van der Waals surface area (Å²) in [5.74, 6) is -0.347. The van der Waals surface area contributed by atoms with E-state index in [4.69, 9.17) is 0 Å². The number of phenols is 2. The van der Waals surface area contributed by atoms with Gasteiger partial charge in [0.05, 0.1) is 6.20 Å². The second kappa shape index (κ2) is 9.35. The average Bonchev–Trinajstić information content (AvgIpc) is 2.57. The van der Waals surface area contributed by atoms with Crippen LogP contribution in [0, 0.1) is 5.82 Å². The van der Waals surface area contributed by atoms with E-state index in [1.807, 2.05) is 0 Å². The molecule has 2 aromatic carbocycles. The van der Waals surface area contributed by atoms with Gasteiger partial charge in [-0.15, -0.1) is 0 Å². The number of benzene rings is 2. The van der Waals surface area contributed by atoms with Gasteiger partial charge in [0, 0.05) is 30.4 Å². The molecule has 3 rings (SSSR count). The molecular formula is C18H16ClFN4O3. The highest BCUT2D eigenvalue weighted by molar-refractivity contribution is 6.62. The Kier molecular flexibility index (Phi) is 6.90. The molecule has 1 aromatic heterocycles. The zero-order valence-electron chi connectivity index (χ0n) is 14.1. The van der Waals surface area contributed by atoms with Crippen LogP contribution in [-0.2, 0) is 4.79 Å². The second-order valence-electron chi connectivity index (χ2n) is 5.21. The van der Waals surface area contributed by atoms with Crippen molar-refractivity contribution in [1.29, 1.82) is 0 Å². The van der Waals surface area contributed by atoms with Crippen LogP contribution in [-0.4, -0.2) is 25.4 Å². The summed E-state index contributed by atoms with van der Waals surface area (Å²) in [7, 11) is 0. The molecule has 27 heavy (non-hydrogen) atoms. The van der Waals surface area contributed by atoms with Gasteiger partial charge in [-0.25, -0.2) is 9.37 Å². The van der Waals surface area contributed by atoms with Gasteiger partial charge in [-0.3, -0.25) is 4.79 Å². The van der Waals surface area contributed by atoms with Crippen LogP contribution >= 0.6 is 11.6 Å². The number of halogens is 2. The number of nitrogens with one attached hydrogen (secondary N) is 2. The Hall–Kier alpha value is -3.39. The van der Waals surface area contributed by atoms with Crippen molar-refractivity contribution in [2.75, 3.05) is 10.6 Å². The monoisotopic (exact) mass is 390 g/mol. The van der Waals surface area contributed by atoms with E-state index in [2.05, 4.69) is 32.2 Å². The molecule has 0 spiro atoms. The fourth-order valence-electron chi connectivity index (χ4n) is 1.95. The number of phenolic OH excluding ortho intramolecular Hbond substituents is 2. The van der Waals surface area contributed by atoms with Crippen molar-refractivity contribution in [3.8, 4) is 11.5 Å². The summed E-state index contributed by atoms with van der Waals surface area (Å²) in [5, 5.41) is 24.2. The van der Waals surface area contributed by atoms with E-state index in [0.717, 1.165) is 6.20 Å². The van der Waals surface area contributed by atoms with Crippen molar-refractivity contribution >= 4 is 40.0 Å². The molecule has 3 aromatic rings. The van der Waals surface area contributed by atoms with Gasteiger partial charge in [0.2, 0.25) is 11.2 Å². The molecule has 0 saturated carbocycles. The average molecular weight is 391 g/mol. The molecule has 0 aliphatic carbocycles. The molecule has 7 nitrogen and oxygen atoms in total. The van der Waals surface area contributed by atoms with Gasteiger partial charge in [-0.05, 0) is 35.9 Å². The molecule has 9 heteroatoms. The van der Waals surface area contributed by atoms with Gasteiger partial charge in [-0.1, -0.05) is 12.1 Å². The Labute approximate surface area is 159 Å². The number of aromatic nitrogens is 2. The fraction of sp³-hybridized carbons (Fsp3) is 0.0556. The molecule has 0 saturated heterocycles. The van der Waals surface area contributed by atoms with E-state index >= 15 is 0 Å². The quantitative estimate of drug-likeness (QED) is 0.492. The summed E-state index contributed by atoms with van der Waals surface area (Å²) < 4.78 is 13.8. The van der Waals surface area contributed by atoms with Gasteiger partial charge in [0.15, 0.2) is 11.6 Å². The van der Waals surface area contributed by atoms with Gasteiger partial charge >= 0.3 is 0 Å². The van der Waals surface area contributed by atoms with Crippen molar-refractivity contribution < 1.29 is 19.4 Å². The number of hydrogen-bond donors (Lipinski definition) is 4. The first-order valence-electron chi connectivity index (χ1n) is 7.64. The fourth-order valence-corrected chi connectivity index (χ4v) is 1.95. The van der Waals surface area contributed by atoms with Crippen molar-refractivity contribution in [2.45, 2.75) is 6.92 Å². The number of hydrogen-bond acceptors (Lipinski definition) is 7. The molecule has 4 N–H and O–H groups in total.